The maximum atomic E-state index is 12.8. The maximum absolute atomic E-state index is 12.8. The monoisotopic (exact) mass is 293 g/mol. The molecule has 0 radical (unpaired) electrons. The fourth-order valence-electron chi connectivity index (χ4n) is 1.20. The van der Waals surface area contributed by atoms with Crippen molar-refractivity contribution >= 4 is 23.3 Å². The van der Waals surface area contributed by atoms with Crippen molar-refractivity contribution in [2.75, 3.05) is 11.9 Å². The lowest BCUT2D eigenvalue weighted by atomic mass is 10.3. The van der Waals surface area contributed by atoms with Gasteiger partial charge in [0.1, 0.15) is 5.70 Å². The topological polar surface area (TPSA) is 38.3 Å². The molecule has 1 rings (SSSR count). The van der Waals surface area contributed by atoms with Gasteiger partial charge in [0.25, 0.3) is 0 Å². The Balaban J connectivity index is 3.00. The van der Waals surface area contributed by atoms with E-state index in [1.54, 1.807) is 6.07 Å². The summed E-state index contributed by atoms with van der Waals surface area (Å²) in [6.07, 6.45) is -4.36. The molecule has 104 valence electrons. The van der Waals surface area contributed by atoms with Crippen LogP contribution < -0.4 is 5.32 Å². The Labute approximate surface area is 113 Å². The molecule has 0 heterocycles. The number of anilines is 1. The van der Waals surface area contributed by atoms with Gasteiger partial charge in [0.05, 0.1) is 23.4 Å². The van der Waals surface area contributed by atoms with Crippen molar-refractivity contribution in [1.82, 2.24) is 0 Å². The van der Waals surface area contributed by atoms with Gasteiger partial charge in [-0.3, -0.25) is 0 Å². The first-order chi connectivity index (χ1) is 8.84. The zero-order valence-electron chi connectivity index (χ0n) is 9.92. The summed E-state index contributed by atoms with van der Waals surface area (Å²) in [5, 5.41) is 2.19. The quantitative estimate of drug-likeness (QED) is 0.678. The summed E-state index contributed by atoms with van der Waals surface area (Å²) in [7, 11) is 0. The van der Waals surface area contributed by atoms with Gasteiger partial charge in [-0.15, -0.1) is 0 Å². The molecule has 0 aliphatic rings. The summed E-state index contributed by atoms with van der Waals surface area (Å²) < 4.78 is 42.7. The highest BCUT2D eigenvalue weighted by atomic mass is 35.5. The second kappa shape index (κ2) is 6.47. The molecule has 0 amide bonds. The number of benzene rings is 1. The predicted molar refractivity (Wildman–Crippen MR) is 65.8 cm³/mol. The van der Waals surface area contributed by atoms with Crippen LogP contribution in [0.4, 0.5) is 18.9 Å². The molecule has 1 aromatic carbocycles. The first-order valence-electron chi connectivity index (χ1n) is 5.31. The number of nitrogens with one attached hydrogen (secondary N) is 1. The van der Waals surface area contributed by atoms with Crippen LogP contribution in [0.3, 0.4) is 0 Å². The minimum absolute atomic E-state index is 0.00738. The molecular formula is C12H11ClF3NO2. The van der Waals surface area contributed by atoms with Gasteiger partial charge < -0.3 is 10.1 Å². The van der Waals surface area contributed by atoms with Crippen LogP contribution in [0, 0.1) is 0 Å². The number of halogens is 4. The van der Waals surface area contributed by atoms with Crippen LogP contribution in [0.15, 0.2) is 36.0 Å². The van der Waals surface area contributed by atoms with E-state index in [2.05, 4.69) is 10.1 Å². The Morgan fingerprint density at radius 1 is 1.42 bits per heavy atom. The van der Waals surface area contributed by atoms with Gasteiger partial charge in [-0.05, 0) is 19.1 Å². The average molecular weight is 294 g/mol. The Morgan fingerprint density at radius 2 is 2.05 bits per heavy atom. The molecule has 0 fully saturated rings. The second-order valence-electron chi connectivity index (χ2n) is 3.41. The minimum atomic E-state index is -4.72. The number of hydrogen-bond donors (Lipinski definition) is 1. The zero-order chi connectivity index (χ0) is 14.5. The summed E-state index contributed by atoms with van der Waals surface area (Å²) in [5.74, 6) is -1.07. The lowest BCUT2D eigenvalue weighted by Crippen LogP contribution is -2.21. The van der Waals surface area contributed by atoms with Crippen LogP contribution in [0.5, 0.6) is 0 Å². The smallest absolute Gasteiger partial charge is 0.431 e. The highest BCUT2D eigenvalue weighted by Gasteiger charge is 2.35. The molecule has 0 saturated heterocycles. The van der Waals surface area contributed by atoms with Crippen LogP contribution in [-0.2, 0) is 9.53 Å². The van der Waals surface area contributed by atoms with Crippen molar-refractivity contribution in [3.8, 4) is 0 Å². The first kappa shape index (κ1) is 15.4. The van der Waals surface area contributed by atoms with Crippen molar-refractivity contribution in [3.05, 3.63) is 41.1 Å². The second-order valence-corrected chi connectivity index (χ2v) is 3.82. The zero-order valence-corrected chi connectivity index (χ0v) is 10.7. The third-order valence-corrected chi connectivity index (χ3v) is 2.33. The molecule has 0 aromatic heterocycles. The number of rotatable bonds is 4. The van der Waals surface area contributed by atoms with Crippen LogP contribution in [0.2, 0.25) is 5.02 Å². The minimum Gasteiger partial charge on any atom is -0.463 e. The Bertz CT molecular complexity index is 486. The molecule has 1 N–H and O–H groups in total. The number of allylic oxidation sites excluding steroid dienone is 1. The fraction of sp³-hybridized carbons (Fsp3) is 0.250. The Kier molecular flexibility index (Phi) is 5.23. The van der Waals surface area contributed by atoms with E-state index < -0.39 is 17.8 Å². The standard InChI is InChI=1S/C12H11ClF3NO2/c1-2-19-11(18)7-10(12(14,15)16)17-9-6-4-3-5-8(9)13/h3-7,17H,2H2,1H3/b10-7+. The summed E-state index contributed by atoms with van der Waals surface area (Å²) in [5.41, 5.74) is -1.18. The highest BCUT2D eigenvalue weighted by molar-refractivity contribution is 6.33. The first-order valence-corrected chi connectivity index (χ1v) is 5.69. The van der Waals surface area contributed by atoms with Gasteiger partial charge in [0.15, 0.2) is 0 Å². The van der Waals surface area contributed by atoms with Gasteiger partial charge in [0, 0.05) is 0 Å². The summed E-state index contributed by atoms with van der Waals surface area (Å²) >= 11 is 5.74. The van der Waals surface area contributed by atoms with Crippen LogP contribution in [0.1, 0.15) is 6.92 Å². The molecule has 19 heavy (non-hydrogen) atoms. The summed E-state index contributed by atoms with van der Waals surface area (Å²) in [6, 6.07) is 5.90. The average Bonchev–Trinajstić information content (AvgIpc) is 2.30. The maximum Gasteiger partial charge on any atom is 0.431 e. The van der Waals surface area contributed by atoms with E-state index in [9.17, 15) is 18.0 Å². The van der Waals surface area contributed by atoms with Crippen LogP contribution in [-0.4, -0.2) is 18.8 Å². The van der Waals surface area contributed by atoms with E-state index in [-0.39, 0.29) is 17.3 Å². The number of ether oxygens (including phenoxy) is 1. The molecule has 0 aliphatic carbocycles. The van der Waals surface area contributed by atoms with E-state index in [4.69, 9.17) is 11.6 Å². The van der Waals surface area contributed by atoms with Gasteiger partial charge in [-0.1, -0.05) is 23.7 Å². The Morgan fingerprint density at radius 3 is 2.58 bits per heavy atom. The molecule has 0 bridgehead atoms. The van der Waals surface area contributed by atoms with E-state index in [1.165, 1.54) is 25.1 Å². The molecule has 3 nitrogen and oxygen atoms in total. The van der Waals surface area contributed by atoms with Crippen molar-refractivity contribution in [2.45, 2.75) is 13.1 Å². The third-order valence-electron chi connectivity index (χ3n) is 2.00. The van der Waals surface area contributed by atoms with E-state index in [0.29, 0.717) is 6.08 Å². The molecule has 0 aliphatic heterocycles. The molecule has 0 spiro atoms. The van der Waals surface area contributed by atoms with Crippen molar-refractivity contribution in [1.29, 1.82) is 0 Å². The normalized spacial score (nSPS) is 12.2. The van der Waals surface area contributed by atoms with Crippen molar-refractivity contribution in [2.24, 2.45) is 0 Å². The SMILES string of the molecule is CCOC(=O)/C=C(/Nc1ccccc1Cl)C(F)(F)F. The van der Waals surface area contributed by atoms with Gasteiger partial charge in [-0.2, -0.15) is 13.2 Å². The number of carbonyl (C=O) groups is 1. The van der Waals surface area contributed by atoms with Crippen LogP contribution in [0.25, 0.3) is 0 Å². The van der Waals surface area contributed by atoms with Gasteiger partial charge >= 0.3 is 12.1 Å². The Hall–Kier alpha value is -1.69. The molecule has 0 saturated carbocycles. The molecule has 0 atom stereocenters. The number of esters is 1. The number of alkyl halides is 3. The molecule has 0 unspecified atom stereocenters. The molecule has 7 heteroatoms. The number of hydrogen-bond acceptors (Lipinski definition) is 3. The molecular weight excluding hydrogens is 283 g/mol. The third kappa shape index (κ3) is 4.82. The fourth-order valence-corrected chi connectivity index (χ4v) is 1.38. The van der Waals surface area contributed by atoms with E-state index in [1.807, 2.05) is 0 Å². The lowest BCUT2D eigenvalue weighted by molar-refractivity contribution is -0.138. The van der Waals surface area contributed by atoms with E-state index in [0.717, 1.165) is 0 Å². The summed E-state index contributed by atoms with van der Waals surface area (Å²) in [6.45, 7) is 1.49. The highest BCUT2D eigenvalue weighted by Crippen LogP contribution is 2.30. The predicted octanol–water partition coefficient (Wildman–Crippen LogP) is 3.76. The van der Waals surface area contributed by atoms with Crippen LogP contribution >= 0.6 is 11.6 Å². The lowest BCUT2D eigenvalue weighted by Gasteiger charge is -2.15. The molecule has 1 aromatic rings. The summed E-state index contributed by atoms with van der Waals surface area (Å²) in [4.78, 5) is 11.1. The van der Waals surface area contributed by atoms with Crippen molar-refractivity contribution < 1.29 is 22.7 Å². The van der Waals surface area contributed by atoms with Crippen molar-refractivity contribution in [3.63, 3.8) is 0 Å². The largest absolute Gasteiger partial charge is 0.463 e. The number of carbonyl (C=O) groups excluding carboxylic acids is 1. The van der Waals surface area contributed by atoms with E-state index >= 15 is 0 Å². The number of para-hydroxylation sites is 1. The van der Waals surface area contributed by atoms with Gasteiger partial charge in [-0.25, -0.2) is 4.79 Å². The van der Waals surface area contributed by atoms with Gasteiger partial charge in [0.2, 0.25) is 0 Å².